The lowest BCUT2D eigenvalue weighted by molar-refractivity contribution is -0.123. The molecule has 0 aliphatic carbocycles. The molecule has 0 unspecified atom stereocenters. The van der Waals surface area contributed by atoms with E-state index in [-0.39, 0.29) is 10.8 Å². The molecular formula is C14H11ClF2N2O4S. The largest absolute Gasteiger partial charge is 0.482 e. The van der Waals surface area contributed by atoms with E-state index in [1.807, 2.05) is 5.43 Å². The molecule has 0 spiro atoms. The zero-order chi connectivity index (χ0) is 17.7. The van der Waals surface area contributed by atoms with Gasteiger partial charge in [0.15, 0.2) is 18.2 Å². The average Bonchev–Trinajstić information content (AvgIpc) is 2.54. The Bertz CT molecular complexity index is 862. The first-order valence-corrected chi connectivity index (χ1v) is 8.29. The minimum absolute atomic E-state index is 0.248. The number of carbonyl (C=O) groups excluding carboxylic acids is 1. The van der Waals surface area contributed by atoms with Gasteiger partial charge >= 0.3 is 0 Å². The van der Waals surface area contributed by atoms with Gasteiger partial charge in [-0.25, -0.2) is 17.2 Å². The molecule has 0 atom stereocenters. The van der Waals surface area contributed by atoms with Gasteiger partial charge in [-0.1, -0.05) is 23.7 Å². The van der Waals surface area contributed by atoms with E-state index in [0.717, 1.165) is 6.07 Å². The highest BCUT2D eigenvalue weighted by Gasteiger charge is 2.17. The molecule has 0 saturated carbocycles. The van der Waals surface area contributed by atoms with Crippen molar-refractivity contribution in [3.05, 3.63) is 59.1 Å². The molecule has 1 amide bonds. The van der Waals surface area contributed by atoms with Crippen molar-refractivity contribution in [3.8, 4) is 5.75 Å². The van der Waals surface area contributed by atoms with Gasteiger partial charge in [-0.15, -0.1) is 4.83 Å². The van der Waals surface area contributed by atoms with Crippen molar-refractivity contribution in [1.29, 1.82) is 0 Å². The second-order valence-corrected chi connectivity index (χ2v) is 6.54. The van der Waals surface area contributed by atoms with Crippen LogP contribution >= 0.6 is 11.6 Å². The predicted molar refractivity (Wildman–Crippen MR) is 81.8 cm³/mol. The number of nitrogens with one attached hydrogen (secondary N) is 2. The first-order valence-electron chi connectivity index (χ1n) is 6.42. The summed E-state index contributed by atoms with van der Waals surface area (Å²) >= 11 is 5.83. The van der Waals surface area contributed by atoms with Gasteiger partial charge in [0.2, 0.25) is 0 Å². The van der Waals surface area contributed by atoms with Crippen LogP contribution in [0.5, 0.6) is 5.75 Å². The van der Waals surface area contributed by atoms with Gasteiger partial charge in [-0.3, -0.25) is 10.2 Å². The van der Waals surface area contributed by atoms with E-state index in [1.165, 1.54) is 6.07 Å². The van der Waals surface area contributed by atoms with Crippen molar-refractivity contribution < 1.29 is 26.7 Å². The Hall–Kier alpha value is -2.23. The van der Waals surface area contributed by atoms with Gasteiger partial charge in [0.1, 0.15) is 5.75 Å². The van der Waals surface area contributed by atoms with Crippen LogP contribution in [-0.2, 0) is 14.8 Å². The summed E-state index contributed by atoms with van der Waals surface area (Å²) in [4.78, 5) is 12.8. The number of rotatable bonds is 6. The van der Waals surface area contributed by atoms with Crippen molar-refractivity contribution in [1.82, 2.24) is 10.3 Å². The monoisotopic (exact) mass is 376 g/mol. The highest BCUT2D eigenvalue weighted by molar-refractivity contribution is 7.89. The number of amides is 1. The smallest absolute Gasteiger partial charge is 0.272 e. The molecule has 0 bridgehead atoms. The summed E-state index contributed by atoms with van der Waals surface area (Å²) in [7, 11) is -4.26. The minimum atomic E-state index is -4.26. The van der Waals surface area contributed by atoms with Crippen molar-refractivity contribution in [2.75, 3.05) is 6.61 Å². The maximum absolute atomic E-state index is 13.1. The van der Waals surface area contributed by atoms with E-state index in [2.05, 4.69) is 0 Å². The van der Waals surface area contributed by atoms with Crippen LogP contribution in [0.2, 0.25) is 5.02 Å². The van der Waals surface area contributed by atoms with E-state index >= 15 is 0 Å². The third kappa shape index (κ3) is 4.63. The molecule has 10 heteroatoms. The molecule has 0 aliphatic heterocycles. The minimum Gasteiger partial charge on any atom is -0.482 e. The van der Waals surface area contributed by atoms with Crippen molar-refractivity contribution in [2.24, 2.45) is 0 Å². The zero-order valence-corrected chi connectivity index (χ0v) is 13.5. The normalized spacial score (nSPS) is 11.1. The van der Waals surface area contributed by atoms with Crippen LogP contribution < -0.4 is 15.0 Å². The number of sulfonamides is 1. The molecule has 2 aromatic rings. The van der Waals surface area contributed by atoms with Crippen LogP contribution in [0.15, 0.2) is 47.4 Å². The van der Waals surface area contributed by atoms with Crippen LogP contribution in [-0.4, -0.2) is 20.9 Å². The van der Waals surface area contributed by atoms with Gasteiger partial charge in [-0.2, -0.15) is 0 Å². The lowest BCUT2D eigenvalue weighted by atomic mass is 10.3. The van der Waals surface area contributed by atoms with E-state index in [9.17, 15) is 22.0 Å². The standard InChI is InChI=1S/C14H11ClF2N2O4S/c15-10-3-1-2-4-13(10)23-8-14(20)18-19-24(21,22)9-5-6-11(16)12(17)7-9/h1-7,19H,8H2,(H,18,20). The van der Waals surface area contributed by atoms with Gasteiger partial charge in [0, 0.05) is 0 Å². The second kappa shape index (κ2) is 7.56. The average molecular weight is 377 g/mol. The van der Waals surface area contributed by atoms with Crippen molar-refractivity contribution >= 4 is 27.5 Å². The molecule has 0 aliphatic rings. The summed E-state index contributed by atoms with van der Waals surface area (Å²) in [6, 6.07) is 8.40. The SMILES string of the molecule is O=C(COc1ccccc1Cl)NNS(=O)(=O)c1ccc(F)c(F)c1. The summed E-state index contributed by atoms with van der Waals surface area (Å²) in [6.45, 7) is -0.510. The van der Waals surface area contributed by atoms with Gasteiger partial charge in [0.05, 0.1) is 9.92 Å². The maximum Gasteiger partial charge on any atom is 0.272 e. The third-order valence-corrected chi connectivity index (χ3v) is 4.28. The summed E-state index contributed by atoms with van der Waals surface area (Å²) in [5, 5.41) is 0.285. The molecule has 2 rings (SSSR count). The van der Waals surface area contributed by atoms with E-state index in [0.29, 0.717) is 12.1 Å². The number of carbonyl (C=O) groups is 1. The number of hydrogen-bond donors (Lipinski definition) is 2. The van der Waals surface area contributed by atoms with Crippen LogP contribution in [0, 0.1) is 11.6 Å². The van der Waals surface area contributed by atoms with E-state index in [4.69, 9.17) is 16.3 Å². The molecule has 2 N–H and O–H groups in total. The van der Waals surface area contributed by atoms with Gasteiger partial charge < -0.3 is 4.74 Å². The number of para-hydroxylation sites is 1. The first-order chi connectivity index (χ1) is 11.3. The van der Waals surface area contributed by atoms with Crippen molar-refractivity contribution in [3.63, 3.8) is 0 Å². The quantitative estimate of drug-likeness (QED) is 0.755. The number of hydrogen-bond acceptors (Lipinski definition) is 4. The Kier molecular flexibility index (Phi) is 5.71. The summed E-state index contributed by atoms with van der Waals surface area (Å²) < 4.78 is 54.7. The number of halogens is 3. The first kappa shape index (κ1) is 18.1. The Morgan fingerprint density at radius 1 is 1.12 bits per heavy atom. The Morgan fingerprint density at radius 3 is 2.50 bits per heavy atom. The summed E-state index contributed by atoms with van der Waals surface area (Å²) in [5.74, 6) is -3.09. The van der Waals surface area contributed by atoms with Crippen LogP contribution in [0.3, 0.4) is 0 Å². The molecule has 2 aromatic carbocycles. The van der Waals surface area contributed by atoms with E-state index in [1.54, 1.807) is 23.0 Å². The van der Waals surface area contributed by atoms with E-state index < -0.39 is 39.1 Å². The van der Waals surface area contributed by atoms with Crippen molar-refractivity contribution in [2.45, 2.75) is 4.90 Å². The molecule has 0 aromatic heterocycles. The van der Waals surface area contributed by atoms with Crippen LogP contribution in [0.1, 0.15) is 0 Å². The third-order valence-electron chi connectivity index (χ3n) is 2.72. The summed E-state index contributed by atoms with van der Waals surface area (Å²) in [5.41, 5.74) is 1.88. The number of hydrazine groups is 1. The molecule has 0 saturated heterocycles. The Balaban J connectivity index is 1.93. The van der Waals surface area contributed by atoms with Crippen LogP contribution in [0.25, 0.3) is 0 Å². The lowest BCUT2D eigenvalue weighted by Gasteiger charge is -2.10. The zero-order valence-electron chi connectivity index (χ0n) is 11.9. The molecule has 128 valence electrons. The molecule has 24 heavy (non-hydrogen) atoms. The van der Waals surface area contributed by atoms with Gasteiger partial charge in [-0.05, 0) is 30.3 Å². The number of ether oxygens (including phenoxy) is 1. The number of benzene rings is 2. The summed E-state index contributed by atoms with van der Waals surface area (Å²) in [6.07, 6.45) is 0. The fraction of sp³-hybridized carbons (Fsp3) is 0.0714. The Labute approximate surface area is 141 Å². The fourth-order valence-electron chi connectivity index (χ4n) is 1.57. The lowest BCUT2D eigenvalue weighted by Crippen LogP contribution is -2.43. The second-order valence-electron chi connectivity index (χ2n) is 4.45. The molecule has 6 nitrogen and oxygen atoms in total. The molecule has 0 fully saturated rings. The maximum atomic E-state index is 13.1. The predicted octanol–water partition coefficient (Wildman–Crippen LogP) is 2.01. The highest BCUT2D eigenvalue weighted by atomic mass is 35.5. The molecule has 0 heterocycles. The Morgan fingerprint density at radius 2 is 1.83 bits per heavy atom. The molecular weight excluding hydrogens is 366 g/mol. The van der Waals surface area contributed by atoms with Gasteiger partial charge in [0.25, 0.3) is 15.9 Å². The van der Waals surface area contributed by atoms with Crippen LogP contribution in [0.4, 0.5) is 8.78 Å². The molecule has 0 radical (unpaired) electrons. The topological polar surface area (TPSA) is 84.5 Å². The highest BCUT2D eigenvalue weighted by Crippen LogP contribution is 2.22. The fourth-order valence-corrected chi connectivity index (χ4v) is 2.63.